The summed E-state index contributed by atoms with van der Waals surface area (Å²) in [5, 5.41) is 0. The van der Waals surface area contributed by atoms with Gasteiger partial charge in [-0.25, -0.2) is 0 Å². The van der Waals surface area contributed by atoms with Crippen molar-refractivity contribution in [3.8, 4) is 0 Å². The fraction of sp³-hybridized carbons (Fsp3) is 1.00. The van der Waals surface area contributed by atoms with Crippen LogP contribution in [0, 0.1) is 5.92 Å². The van der Waals surface area contributed by atoms with Crippen molar-refractivity contribution >= 4 is 0 Å². The predicted octanol–water partition coefficient (Wildman–Crippen LogP) is 2.75. The van der Waals surface area contributed by atoms with Crippen molar-refractivity contribution in [2.75, 3.05) is 7.11 Å². The molecule has 0 radical (unpaired) electrons. The summed E-state index contributed by atoms with van der Waals surface area (Å²) in [7, 11) is 1.55. The zero-order valence-corrected chi connectivity index (χ0v) is 7.03. The van der Waals surface area contributed by atoms with Crippen molar-refractivity contribution in [1.82, 2.24) is 0 Å². The van der Waals surface area contributed by atoms with Gasteiger partial charge >= 0.3 is 6.18 Å². The molecule has 0 unspecified atom stereocenters. The Hall–Kier alpha value is -0.250. The molecule has 0 atom stereocenters. The maximum absolute atomic E-state index is 12.1. The lowest BCUT2D eigenvalue weighted by atomic mass is 9.87. The minimum Gasteiger partial charge on any atom is -0.381 e. The largest absolute Gasteiger partial charge is 0.391 e. The van der Waals surface area contributed by atoms with Crippen molar-refractivity contribution in [1.29, 1.82) is 0 Å². The van der Waals surface area contributed by atoms with Gasteiger partial charge in [0.1, 0.15) is 0 Å². The van der Waals surface area contributed by atoms with Gasteiger partial charge in [-0.15, -0.1) is 0 Å². The molecule has 0 N–H and O–H groups in total. The SMILES string of the molecule is COC1CCC(C(F)(F)F)CC1. The Balaban J connectivity index is 2.36. The van der Waals surface area contributed by atoms with Crippen LogP contribution in [0.15, 0.2) is 0 Å². The second kappa shape index (κ2) is 3.64. The van der Waals surface area contributed by atoms with Crippen LogP contribution in [0.25, 0.3) is 0 Å². The fourth-order valence-electron chi connectivity index (χ4n) is 1.63. The minimum atomic E-state index is -4.00. The highest BCUT2D eigenvalue weighted by Gasteiger charge is 2.41. The summed E-state index contributed by atoms with van der Waals surface area (Å²) in [6.07, 6.45) is -2.42. The summed E-state index contributed by atoms with van der Waals surface area (Å²) in [5.74, 6) is -1.09. The molecule has 0 amide bonds. The van der Waals surface area contributed by atoms with Crippen LogP contribution in [0.3, 0.4) is 0 Å². The molecule has 1 aliphatic rings. The molecule has 0 saturated heterocycles. The Morgan fingerprint density at radius 3 is 1.92 bits per heavy atom. The van der Waals surface area contributed by atoms with Crippen LogP contribution < -0.4 is 0 Å². The highest BCUT2D eigenvalue weighted by molar-refractivity contribution is 4.76. The van der Waals surface area contributed by atoms with Gasteiger partial charge in [-0.2, -0.15) is 13.2 Å². The number of alkyl halides is 3. The normalized spacial score (nSPS) is 32.0. The highest BCUT2D eigenvalue weighted by Crippen LogP contribution is 2.37. The monoisotopic (exact) mass is 182 g/mol. The lowest BCUT2D eigenvalue weighted by Crippen LogP contribution is -2.30. The smallest absolute Gasteiger partial charge is 0.381 e. The molecule has 72 valence electrons. The molecular weight excluding hydrogens is 169 g/mol. The Labute approximate surface area is 69.9 Å². The third kappa shape index (κ3) is 2.37. The quantitative estimate of drug-likeness (QED) is 0.605. The molecular formula is C8H13F3O. The van der Waals surface area contributed by atoms with E-state index in [1.807, 2.05) is 0 Å². The van der Waals surface area contributed by atoms with Gasteiger partial charge in [-0.05, 0) is 25.7 Å². The molecule has 4 heteroatoms. The Kier molecular flexibility index (Phi) is 2.99. The third-order valence-electron chi connectivity index (χ3n) is 2.47. The van der Waals surface area contributed by atoms with Gasteiger partial charge in [0, 0.05) is 7.11 Å². The zero-order valence-electron chi connectivity index (χ0n) is 7.03. The molecule has 1 rings (SSSR count). The maximum Gasteiger partial charge on any atom is 0.391 e. The molecule has 1 nitrogen and oxygen atoms in total. The summed E-state index contributed by atoms with van der Waals surface area (Å²) >= 11 is 0. The number of ether oxygens (including phenoxy) is 1. The maximum atomic E-state index is 12.1. The molecule has 12 heavy (non-hydrogen) atoms. The summed E-state index contributed by atoms with van der Waals surface area (Å²) < 4.78 is 41.4. The summed E-state index contributed by atoms with van der Waals surface area (Å²) in [6, 6.07) is 0. The van der Waals surface area contributed by atoms with Crippen molar-refractivity contribution in [2.45, 2.75) is 38.0 Å². The van der Waals surface area contributed by atoms with E-state index in [0.29, 0.717) is 12.8 Å². The lowest BCUT2D eigenvalue weighted by Gasteiger charge is -2.28. The Morgan fingerprint density at radius 1 is 1.08 bits per heavy atom. The van der Waals surface area contributed by atoms with E-state index >= 15 is 0 Å². The number of hydrogen-bond donors (Lipinski definition) is 0. The summed E-state index contributed by atoms with van der Waals surface area (Å²) in [6.45, 7) is 0. The van der Waals surface area contributed by atoms with Gasteiger partial charge in [0.05, 0.1) is 12.0 Å². The van der Waals surface area contributed by atoms with E-state index in [4.69, 9.17) is 4.74 Å². The van der Waals surface area contributed by atoms with E-state index < -0.39 is 12.1 Å². The lowest BCUT2D eigenvalue weighted by molar-refractivity contribution is -0.186. The molecule has 1 aliphatic carbocycles. The van der Waals surface area contributed by atoms with Gasteiger partial charge in [0.25, 0.3) is 0 Å². The van der Waals surface area contributed by atoms with Gasteiger partial charge < -0.3 is 4.74 Å². The molecule has 0 aliphatic heterocycles. The first-order chi connectivity index (χ1) is 5.54. The van der Waals surface area contributed by atoms with Gasteiger partial charge in [0.2, 0.25) is 0 Å². The van der Waals surface area contributed by atoms with E-state index in [0.717, 1.165) is 0 Å². The number of halogens is 3. The average Bonchev–Trinajstić information content (AvgIpc) is 2.03. The second-order valence-corrected chi connectivity index (χ2v) is 3.25. The number of hydrogen-bond acceptors (Lipinski definition) is 1. The first kappa shape index (κ1) is 9.84. The molecule has 0 heterocycles. The van der Waals surface area contributed by atoms with Crippen LogP contribution in [-0.2, 0) is 4.74 Å². The highest BCUT2D eigenvalue weighted by atomic mass is 19.4. The molecule has 1 fully saturated rings. The summed E-state index contributed by atoms with van der Waals surface area (Å²) in [4.78, 5) is 0. The van der Waals surface area contributed by atoms with Gasteiger partial charge in [0.15, 0.2) is 0 Å². The molecule has 0 aromatic carbocycles. The van der Waals surface area contributed by atoms with Gasteiger partial charge in [-0.3, -0.25) is 0 Å². The first-order valence-electron chi connectivity index (χ1n) is 4.13. The molecule has 0 aromatic rings. The predicted molar refractivity (Wildman–Crippen MR) is 38.8 cm³/mol. The van der Waals surface area contributed by atoms with Crippen molar-refractivity contribution in [3.63, 3.8) is 0 Å². The Bertz CT molecular complexity index is 136. The van der Waals surface area contributed by atoms with Gasteiger partial charge in [-0.1, -0.05) is 0 Å². The van der Waals surface area contributed by atoms with Crippen LogP contribution in [0.2, 0.25) is 0 Å². The van der Waals surface area contributed by atoms with Crippen LogP contribution in [0.5, 0.6) is 0 Å². The van der Waals surface area contributed by atoms with Crippen molar-refractivity contribution in [3.05, 3.63) is 0 Å². The molecule has 0 aromatic heterocycles. The number of methoxy groups -OCH3 is 1. The van der Waals surface area contributed by atoms with E-state index in [-0.39, 0.29) is 18.9 Å². The Morgan fingerprint density at radius 2 is 1.58 bits per heavy atom. The summed E-state index contributed by atoms with van der Waals surface area (Å²) in [5.41, 5.74) is 0. The molecule has 0 bridgehead atoms. The van der Waals surface area contributed by atoms with E-state index in [1.165, 1.54) is 0 Å². The zero-order chi connectivity index (χ0) is 9.19. The van der Waals surface area contributed by atoms with E-state index in [9.17, 15) is 13.2 Å². The number of rotatable bonds is 1. The average molecular weight is 182 g/mol. The standard InChI is InChI=1S/C8H13F3O/c1-12-7-4-2-6(3-5-7)8(9,10)11/h6-7H,2-5H2,1H3. The van der Waals surface area contributed by atoms with E-state index in [2.05, 4.69) is 0 Å². The van der Waals surface area contributed by atoms with Crippen LogP contribution in [0.4, 0.5) is 13.2 Å². The van der Waals surface area contributed by atoms with Crippen LogP contribution in [-0.4, -0.2) is 19.4 Å². The topological polar surface area (TPSA) is 9.23 Å². The van der Waals surface area contributed by atoms with Crippen molar-refractivity contribution < 1.29 is 17.9 Å². The fourth-order valence-corrected chi connectivity index (χ4v) is 1.63. The van der Waals surface area contributed by atoms with Crippen LogP contribution >= 0.6 is 0 Å². The first-order valence-corrected chi connectivity index (χ1v) is 4.13. The third-order valence-corrected chi connectivity index (χ3v) is 2.47. The second-order valence-electron chi connectivity index (χ2n) is 3.25. The van der Waals surface area contributed by atoms with E-state index in [1.54, 1.807) is 7.11 Å². The van der Waals surface area contributed by atoms with Crippen molar-refractivity contribution in [2.24, 2.45) is 5.92 Å². The van der Waals surface area contributed by atoms with Crippen LogP contribution in [0.1, 0.15) is 25.7 Å². The molecule has 1 saturated carbocycles. The molecule has 0 spiro atoms. The minimum absolute atomic E-state index is 0.0450.